The van der Waals surface area contributed by atoms with Gasteiger partial charge in [0.2, 0.25) is 5.91 Å². The summed E-state index contributed by atoms with van der Waals surface area (Å²) in [5.41, 5.74) is 0.900. The number of nitrogens with zero attached hydrogens (tertiary/aromatic N) is 3. The molecule has 3 rings (SSSR count). The van der Waals surface area contributed by atoms with Gasteiger partial charge < -0.3 is 19.7 Å². The van der Waals surface area contributed by atoms with Crippen LogP contribution >= 0.6 is 11.3 Å². The molecule has 0 bridgehead atoms. The van der Waals surface area contributed by atoms with Crippen LogP contribution in [-0.4, -0.2) is 58.5 Å². The first-order valence-electron chi connectivity index (χ1n) is 9.53. The molecular weight excluding hydrogens is 352 g/mol. The van der Waals surface area contributed by atoms with Crippen molar-refractivity contribution in [3.63, 3.8) is 0 Å². The minimum Gasteiger partial charge on any atom is -0.339 e. The third-order valence-electron chi connectivity index (χ3n) is 5.38. The van der Waals surface area contributed by atoms with Crippen LogP contribution in [0.15, 0.2) is 10.2 Å². The molecule has 1 aliphatic carbocycles. The van der Waals surface area contributed by atoms with E-state index in [-0.39, 0.29) is 16.8 Å². The van der Waals surface area contributed by atoms with Crippen molar-refractivity contribution in [1.29, 1.82) is 0 Å². The van der Waals surface area contributed by atoms with E-state index in [1.807, 2.05) is 17.2 Å². The van der Waals surface area contributed by atoms with E-state index in [2.05, 4.69) is 5.32 Å². The van der Waals surface area contributed by atoms with Crippen molar-refractivity contribution >= 4 is 23.3 Å². The summed E-state index contributed by atoms with van der Waals surface area (Å²) in [7, 11) is 0. The van der Waals surface area contributed by atoms with Gasteiger partial charge in [-0.1, -0.05) is 30.6 Å². The molecule has 2 aliphatic rings. The van der Waals surface area contributed by atoms with Gasteiger partial charge in [0.15, 0.2) is 0 Å². The molecule has 0 unspecified atom stereocenters. The summed E-state index contributed by atoms with van der Waals surface area (Å²) in [4.78, 5) is 40.1. The minimum atomic E-state index is -0.0143. The van der Waals surface area contributed by atoms with Crippen LogP contribution in [0.4, 0.5) is 4.79 Å². The largest absolute Gasteiger partial charge is 0.339 e. The standard InChI is InChI=1S/C18H28N4O3S/c1-14-13-26-18(25)22(14)8-7-16(23)20-9-11-21(12-10-20)17(24)19-15-5-3-2-4-6-15/h13,15H,2-12H2,1H3,(H,19,24). The third-order valence-corrected chi connectivity index (χ3v) is 6.26. The van der Waals surface area contributed by atoms with Gasteiger partial charge in [-0.3, -0.25) is 9.59 Å². The minimum absolute atomic E-state index is 0.00412. The van der Waals surface area contributed by atoms with Crippen molar-refractivity contribution in [2.75, 3.05) is 26.2 Å². The fraction of sp³-hybridized carbons (Fsp3) is 0.722. The van der Waals surface area contributed by atoms with Gasteiger partial charge in [-0.05, 0) is 19.8 Å². The number of aryl methyl sites for hydroxylation is 1. The number of carbonyl (C=O) groups is 2. The molecule has 3 amide bonds. The third kappa shape index (κ3) is 4.66. The summed E-state index contributed by atoms with van der Waals surface area (Å²) in [5.74, 6) is 0.0508. The Kier molecular flexibility index (Phi) is 6.34. The van der Waals surface area contributed by atoms with E-state index in [9.17, 15) is 14.4 Å². The zero-order chi connectivity index (χ0) is 18.5. The maximum Gasteiger partial charge on any atom is 0.317 e. The molecule has 0 radical (unpaired) electrons. The van der Waals surface area contributed by atoms with E-state index in [4.69, 9.17) is 0 Å². The number of piperazine rings is 1. The Bertz CT molecular complexity index is 685. The van der Waals surface area contributed by atoms with Crippen LogP contribution in [-0.2, 0) is 11.3 Å². The van der Waals surface area contributed by atoms with Gasteiger partial charge in [-0.2, -0.15) is 0 Å². The number of hydrogen-bond donors (Lipinski definition) is 1. The van der Waals surface area contributed by atoms with Crippen LogP contribution in [0.2, 0.25) is 0 Å². The molecule has 2 fully saturated rings. The lowest BCUT2D eigenvalue weighted by Crippen LogP contribution is -2.54. The lowest BCUT2D eigenvalue weighted by atomic mass is 9.96. The molecule has 1 N–H and O–H groups in total. The predicted octanol–water partition coefficient (Wildman–Crippen LogP) is 1.79. The molecule has 26 heavy (non-hydrogen) atoms. The van der Waals surface area contributed by atoms with Crippen molar-refractivity contribution < 1.29 is 9.59 Å². The van der Waals surface area contributed by atoms with Gasteiger partial charge in [0.25, 0.3) is 0 Å². The number of aromatic nitrogens is 1. The highest BCUT2D eigenvalue weighted by Crippen LogP contribution is 2.17. The zero-order valence-corrected chi connectivity index (χ0v) is 16.2. The van der Waals surface area contributed by atoms with E-state index in [0.717, 1.165) is 18.5 Å². The van der Waals surface area contributed by atoms with Gasteiger partial charge in [-0.15, -0.1) is 0 Å². The Hall–Kier alpha value is -1.83. The number of rotatable bonds is 4. The molecule has 0 atom stereocenters. The first-order chi connectivity index (χ1) is 12.5. The monoisotopic (exact) mass is 380 g/mol. The van der Waals surface area contributed by atoms with E-state index in [1.54, 1.807) is 9.47 Å². The highest BCUT2D eigenvalue weighted by atomic mass is 32.1. The predicted molar refractivity (Wildman–Crippen MR) is 101 cm³/mol. The molecule has 1 aliphatic heterocycles. The SMILES string of the molecule is Cc1csc(=O)n1CCC(=O)N1CCN(C(=O)NC2CCCCC2)CC1. The number of urea groups is 1. The highest BCUT2D eigenvalue weighted by molar-refractivity contribution is 7.07. The Balaban J connectivity index is 1.42. The molecule has 2 heterocycles. The first-order valence-corrected chi connectivity index (χ1v) is 10.4. The van der Waals surface area contributed by atoms with Crippen LogP contribution in [0.3, 0.4) is 0 Å². The second-order valence-corrected chi connectivity index (χ2v) is 8.02. The molecule has 1 saturated heterocycles. The number of thiazole rings is 1. The van der Waals surface area contributed by atoms with Crippen molar-refractivity contribution in [1.82, 2.24) is 19.7 Å². The van der Waals surface area contributed by atoms with Gasteiger partial charge in [0, 0.05) is 56.3 Å². The Labute approximate surface area is 158 Å². The second kappa shape index (κ2) is 8.70. The normalized spacial score (nSPS) is 18.8. The van der Waals surface area contributed by atoms with Gasteiger partial charge in [0.05, 0.1) is 0 Å². The van der Waals surface area contributed by atoms with Crippen LogP contribution in [0.25, 0.3) is 0 Å². The second-order valence-electron chi connectivity index (χ2n) is 7.20. The van der Waals surface area contributed by atoms with Crippen molar-refractivity contribution in [2.24, 2.45) is 0 Å². The van der Waals surface area contributed by atoms with Crippen molar-refractivity contribution in [3.05, 3.63) is 20.7 Å². The number of hydrogen-bond acceptors (Lipinski definition) is 4. The quantitative estimate of drug-likeness (QED) is 0.865. The number of nitrogens with one attached hydrogen (secondary N) is 1. The molecular formula is C18H28N4O3S. The summed E-state index contributed by atoms with van der Waals surface area (Å²) in [6, 6.07) is 0.313. The lowest BCUT2D eigenvalue weighted by Gasteiger charge is -2.36. The topological polar surface area (TPSA) is 74.7 Å². The summed E-state index contributed by atoms with van der Waals surface area (Å²) >= 11 is 1.17. The average molecular weight is 381 g/mol. The lowest BCUT2D eigenvalue weighted by molar-refractivity contribution is -0.132. The van der Waals surface area contributed by atoms with E-state index >= 15 is 0 Å². The van der Waals surface area contributed by atoms with Gasteiger partial charge >= 0.3 is 10.9 Å². The van der Waals surface area contributed by atoms with Crippen LogP contribution in [0.1, 0.15) is 44.2 Å². The molecule has 7 nitrogen and oxygen atoms in total. The molecule has 8 heteroatoms. The highest BCUT2D eigenvalue weighted by Gasteiger charge is 2.25. The Morgan fingerprint density at radius 3 is 2.38 bits per heavy atom. The van der Waals surface area contributed by atoms with Gasteiger partial charge in [-0.25, -0.2) is 4.79 Å². The number of amides is 3. The smallest absolute Gasteiger partial charge is 0.317 e. The summed E-state index contributed by atoms with van der Waals surface area (Å²) < 4.78 is 1.65. The van der Waals surface area contributed by atoms with E-state index in [0.29, 0.717) is 45.2 Å². The molecule has 0 aromatic carbocycles. The zero-order valence-electron chi connectivity index (χ0n) is 15.4. The van der Waals surface area contributed by atoms with Crippen LogP contribution in [0, 0.1) is 6.92 Å². The van der Waals surface area contributed by atoms with E-state index in [1.165, 1.54) is 30.6 Å². The average Bonchev–Trinajstić information content (AvgIpc) is 2.98. The Morgan fingerprint density at radius 2 is 1.77 bits per heavy atom. The molecule has 1 aromatic rings. The van der Waals surface area contributed by atoms with Gasteiger partial charge in [0.1, 0.15) is 0 Å². The molecule has 1 saturated carbocycles. The maximum absolute atomic E-state index is 12.4. The molecule has 0 spiro atoms. The fourth-order valence-corrected chi connectivity index (χ4v) is 4.47. The van der Waals surface area contributed by atoms with Crippen molar-refractivity contribution in [3.8, 4) is 0 Å². The summed E-state index contributed by atoms with van der Waals surface area (Å²) in [6.45, 7) is 4.58. The Morgan fingerprint density at radius 1 is 1.12 bits per heavy atom. The molecule has 144 valence electrons. The molecule has 1 aromatic heterocycles. The first kappa shape index (κ1) is 18.9. The van der Waals surface area contributed by atoms with Crippen LogP contribution < -0.4 is 10.2 Å². The maximum atomic E-state index is 12.4. The van der Waals surface area contributed by atoms with Crippen molar-refractivity contribution in [2.45, 2.75) is 58.0 Å². The summed E-state index contributed by atoms with van der Waals surface area (Å²) in [5, 5.41) is 4.95. The van der Waals surface area contributed by atoms with Crippen LogP contribution in [0.5, 0.6) is 0 Å². The van der Waals surface area contributed by atoms with E-state index < -0.39 is 0 Å². The summed E-state index contributed by atoms with van der Waals surface area (Å²) in [6.07, 6.45) is 6.13. The fourth-order valence-electron chi connectivity index (χ4n) is 3.71. The number of carbonyl (C=O) groups excluding carboxylic acids is 2.